The van der Waals surface area contributed by atoms with Crippen LogP contribution < -0.4 is 10.6 Å². The molecule has 8 nitrogen and oxygen atoms in total. The number of phenols is 1. The highest BCUT2D eigenvalue weighted by Crippen LogP contribution is 2.35. The molecular weight excluding hydrogens is 408 g/mol. The zero-order valence-corrected chi connectivity index (χ0v) is 18.3. The molecule has 32 heavy (non-hydrogen) atoms. The summed E-state index contributed by atoms with van der Waals surface area (Å²) in [4.78, 5) is 14.0. The Morgan fingerprint density at radius 2 is 1.97 bits per heavy atom. The predicted molar refractivity (Wildman–Crippen MR) is 122 cm³/mol. The van der Waals surface area contributed by atoms with E-state index in [2.05, 4.69) is 15.1 Å². The smallest absolute Gasteiger partial charge is 0.338 e. The van der Waals surface area contributed by atoms with Crippen LogP contribution in [0.2, 0.25) is 0 Å². The van der Waals surface area contributed by atoms with Crippen molar-refractivity contribution in [1.82, 2.24) is 10.2 Å². The molecule has 2 aromatic carbocycles. The number of morpholine rings is 1. The third-order valence-electron chi connectivity index (χ3n) is 5.61. The second kappa shape index (κ2) is 8.84. The molecule has 3 N–H and O–H groups in total. The maximum absolute atomic E-state index is 11.9. The first kappa shape index (κ1) is 21.6. The van der Waals surface area contributed by atoms with Gasteiger partial charge in [-0.05, 0) is 49.2 Å². The zero-order valence-electron chi connectivity index (χ0n) is 18.3. The van der Waals surface area contributed by atoms with E-state index >= 15 is 0 Å². The highest BCUT2D eigenvalue weighted by atomic mass is 16.5. The summed E-state index contributed by atoms with van der Waals surface area (Å²) < 4.78 is 11.0. The lowest BCUT2D eigenvalue weighted by atomic mass is 10.00. The van der Waals surface area contributed by atoms with E-state index < -0.39 is 0 Å². The summed E-state index contributed by atoms with van der Waals surface area (Å²) in [5.74, 6) is 0.0853. The third kappa shape index (κ3) is 4.22. The molecule has 0 bridgehead atoms. The number of methoxy groups -OCH3 is 1. The van der Waals surface area contributed by atoms with E-state index in [1.54, 1.807) is 24.3 Å². The van der Waals surface area contributed by atoms with E-state index in [9.17, 15) is 9.90 Å². The molecule has 1 saturated heterocycles. The van der Waals surface area contributed by atoms with Crippen LogP contribution in [-0.4, -0.2) is 47.6 Å². The molecule has 4 rings (SSSR count). The summed E-state index contributed by atoms with van der Waals surface area (Å²) in [6, 6.07) is 14.4. The molecule has 3 aromatic rings. The Morgan fingerprint density at radius 1 is 1.19 bits per heavy atom. The van der Waals surface area contributed by atoms with E-state index in [1.807, 2.05) is 38.1 Å². The predicted octanol–water partition coefficient (Wildman–Crippen LogP) is 3.49. The number of phenolic OH excluding ortho intramolecular Hbond substituents is 1. The number of carbonyl (C=O) groups excluding carboxylic acids is 1. The summed E-state index contributed by atoms with van der Waals surface area (Å²) in [6.07, 6.45) is -0.277. The number of benzene rings is 2. The van der Waals surface area contributed by atoms with Crippen molar-refractivity contribution in [1.29, 1.82) is 0 Å². The van der Waals surface area contributed by atoms with Gasteiger partial charge in [0, 0.05) is 18.7 Å². The number of nitrogen functional groups attached to an aromatic ring is 1. The van der Waals surface area contributed by atoms with Crippen molar-refractivity contribution < 1.29 is 19.4 Å². The van der Waals surface area contributed by atoms with Gasteiger partial charge in [0.1, 0.15) is 11.9 Å². The van der Waals surface area contributed by atoms with Gasteiger partial charge in [0.05, 0.1) is 30.2 Å². The summed E-state index contributed by atoms with van der Waals surface area (Å²) >= 11 is 0. The Morgan fingerprint density at radius 3 is 2.69 bits per heavy atom. The number of anilines is 2. The highest BCUT2D eigenvalue weighted by Gasteiger charge is 2.29. The number of hydrogen-bond donors (Lipinski definition) is 2. The molecule has 0 aliphatic carbocycles. The summed E-state index contributed by atoms with van der Waals surface area (Å²) in [5, 5.41) is 18.5. The Bertz CT molecular complexity index is 1150. The molecule has 0 radical (unpaired) electrons. The summed E-state index contributed by atoms with van der Waals surface area (Å²) in [7, 11) is 1.37. The number of carbonyl (C=O) groups is 1. The van der Waals surface area contributed by atoms with E-state index in [0.29, 0.717) is 35.7 Å². The molecule has 1 fully saturated rings. The fourth-order valence-corrected chi connectivity index (χ4v) is 4.02. The van der Waals surface area contributed by atoms with Gasteiger partial charge < -0.3 is 25.2 Å². The number of nitrogens with zero attached hydrogens (tertiary/aromatic N) is 3. The minimum atomic E-state index is -0.360. The molecular formula is C24H26N4O4. The largest absolute Gasteiger partial charge is 0.507 e. The van der Waals surface area contributed by atoms with Crippen LogP contribution in [0.1, 0.15) is 34.5 Å². The molecule has 1 aromatic heterocycles. The topological polar surface area (TPSA) is 111 Å². The Kier molecular flexibility index (Phi) is 5.96. The Hall–Kier alpha value is -3.65. The summed E-state index contributed by atoms with van der Waals surface area (Å²) in [5.41, 5.74) is 10.4. The Labute approximate surface area is 186 Å². The monoisotopic (exact) mass is 434 g/mol. The number of nitrogens with two attached hydrogens (primary N) is 1. The van der Waals surface area contributed by atoms with Crippen molar-refractivity contribution in [3.8, 4) is 17.0 Å². The van der Waals surface area contributed by atoms with Crippen LogP contribution in [0.25, 0.3) is 11.3 Å². The second-order valence-corrected chi connectivity index (χ2v) is 7.92. The number of rotatable bonds is 4. The van der Waals surface area contributed by atoms with Gasteiger partial charge >= 0.3 is 5.97 Å². The number of ether oxygens (including phenoxy) is 2. The number of esters is 1. The normalized spacial score (nSPS) is 18.4. The Balaban J connectivity index is 1.64. The van der Waals surface area contributed by atoms with Crippen LogP contribution in [0.15, 0.2) is 48.5 Å². The van der Waals surface area contributed by atoms with Gasteiger partial charge in [-0.3, -0.25) is 0 Å². The van der Waals surface area contributed by atoms with Gasteiger partial charge in [0.2, 0.25) is 0 Å². The minimum Gasteiger partial charge on any atom is -0.507 e. The van der Waals surface area contributed by atoms with Gasteiger partial charge in [-0.15, -0.1) is 10.2 Å². The van der Waals surface area contributed by atoms with Crippen molar-refractivity contribution in [3.63, 3.8) is 0 Å². The van der Waals surface area contributed by atoms with Gasteiger partial charge in [-0.2, -0.15) is 0 Å². The van der Waals surface area contributed by atoms with E-state index in [4.69, 9.17) is 15.2 Å². The zero-order chi connectivity index (χ0) is 22.8. The van der Waals surface area contributed by atoms with Gasteiger partial charge in [0.15, 0.2) is 5.82 Å². The van der Waals surface area contributed by atoms with Crippen molar-refractivity contribution in [3.05, 3.63) is 65.2 Å². The molecule has 8 heteroatoms. The standard InChI is InChI=1S/C24H26N4O4/c1-14-10-16(8-9-17(14)24(30)31-3)22-13-28(12-15(2)32-22)20-11-19(26-27-23(20)25)18-6-4-5-7-21(18)29/h4-11,15,22,29H,12-13H2,1-3H3,(H2,25,27)/t15-,22-/m0/s1. The lowest BCUT2D eigenvalue weighted by Crippen LogP contribution is -2.43. The van der Waals surface area contributed by atoms with E-state index in [-0.39, 0.29) is 23.9 Å². The van der Waals surface area contributed by atoms with Crippen molar-refractivity contribution >= 4 is 17.5 Å². The second-order valence-electron chi connectivity index (χ2n) is 7.92. The first-order valence-electron chi connectivity index (χ1n) is 10.4. The third-order valence-corrected chi connectivity index (χ3v) is 5.61. The fourth-order valence-electron chi connectivity index (χ4n) is 4.02. The average Bonchev–Trinajstić information content (AvgIpc) is 2.79. The molecule has 0 amide bonds. The van der Waals surface area contributed by atoms with Crippen LogP contribution >= 0.6 is 0 Å². The first-order chi connectivity index (χ1) is 15.4. The molecule has 1 aliphatic rings. The first-order valence-corrected chi connectivity index (χ1v) is 10.4. The van der Waals surface area contributed by atoms with Crippen molar-refractivity contribution in [2.45, 2.75) is 26.1 Å². The van der Waals surface area contributed by atoms with Crippen LogP contribution in [0.3, 0.4) is 0 Å². The lowest BCUT2D eigenvalue weighted by Gasteiger charge is -2.38. The van der Waals surface area contributed by atoms with Crippen LogP contribution in [0.4, 0.5) is 11.5 Å². The number of aromatic nitrogens is 2. The minimum absolute atomic E-state index is 0.0597. The average molecular weight is 434 g/mol. The number of hydrogen-bond acceptors (Lipinski definition) is 8. The maximum atomic E-state index is 11.9. The quantitative estimate of drug-likeness (QED) is 0.601. The molecule has 0 unspecified atom stereocenters. The van der Waals surface area contributed by atoms with E-state index in [0.717, 1.165) is 16.8 Å². The number of aromatic hydroxyl groups is 1. The van der Waals surface area contributed by atoms with Gasteiger partial charge in [0.25, 0.3) is 0 Å². The van der Waals surface area contributed by atoms with E-state index in [1.165, 1.54) is 7.11 Å². The SMILES string of the molecule is COC(=O)c1ccc([C@@H]2CN(c3cc(-c4ccccc4O)nnc3N)C[C@H](C)O2)cc1C. The van der Waals surface area contributed by atoms with Crippen LogP contribution in [0.5, 0.6) is 5.75 Å². The van der Waals surface area contributed by atoms with Crippen molar-refractivity contribution in [2.24, 2.45) is 0 Å². The molecule has 2 atom stereocenters. The van der Waals surface area contributed by atoms with Crippen LogP contribution in [0, 0.1) is 6.92 Å². The molecule has 2 heterocycles. The van der Waals surface area contributed by atoms with Gasteiger partial charge in [-0.25, -0.2) is 4.79 Å². The fraction of sp³-hybridized carbons (Fsp3) is 0.292. The number of aryl methyl sites for hydroxylation is 1. The molecule has 0 saturated carbocycles. The van der Waals surface area contributed by atoms with Crippen molar-refractivity contribution in [2.75, 3.05) is 30.8 Å². The molecule has 0 spiro atoms. The van der Waals surface area contributed by atoms with Crippen LogP contribution in [-0.2, 0) is 9.47 Å². The van der Waals surface area contributed by atoms with Gasteiger partial charge in [-0.1, -0.05) is 24.3 Å². The molecule has 166 valence electrons. The number of para-hydroxylation sites is 1. The summed E-state index contributed by atoms with van der Waals surface area (Å²) in [6.45, 7) is 5.07. The molecule has 1 aliphatic heterocycles. The lowest BCUT2D eigenvalue weighted by molar-refractivity contribution is -0.0174. The highest BCUT2D eigenvalue weighted by molar-refractivity contribution is 5.91. The maximum Gasteiger partial charge on any atom is 0.338 e.